The lowest BCUT2D eigenvalue weighted by atomic mass is 10.1. The van der Waals surface area contributed by atoms with Gasteiger partial charge < -0.3 is 4.42 Å². The van der Waals surface area contributed by atoms with Crippen molar-refractivity contribution >= 4 is 40.9 Å². The summed E-state index contributed by atoms with van der Waals surface area (Å²) in [6.45, 7) is 1.73. The number of nitro groups is 1. The van der Waals surface area contributed by atoms with E-state index in [2.05, 4.69) is 5.10 Å². The van der Waals surface area contributed by atoms with E-state index >= 15 is 0 Å². The molecule has 1 aromatic heterocycles. The highest BCUT2D eigenvalue weighted by Crippen LogP contribution is 2.25. The molecule has 0 atom stereocenters. The zero-order valence-corrected chi connectivity index (χ0v) is 13.8. The van der Waals surface area contributed by atoms with Gasteiger partial charge in [0.15, 0.2) is 0 Å². The van der Waals surface area contributed by atoms with Gasteiger partial charge in [0.25, 0.3) is 5.91 Å². The summed E-state index contributed by atoms with van der Waals surface area (Å²) < 4.78 is 5.01. The first-order chi connectivity index (χ1) is 12.0. The third-order valence-electron chi connectivity index (χ3n) is 3.45. The van der Waals surface area contributed by atoms with Crippen molar-refractivity contribution in [2.24, 2.45) is 5.10 Å². The van der Waals surface area contributed by atoms with Gasteiger partial charge in [0.1, 0.15) is 10.7 Å². The van der Waals surface area contributed by atoms with Gasteiger partial charge in [-0.2, -0.15) is 10.1 Å². The Morgan fingerprint density at radius 1 is 1.24 bits per heavy atom. The fraction of sp³-hybridized carbons (Fsp3) is 0.0588. The van der Waals surface area contributed by atoms with Gasteiger partial charge in [-0.25, -0.2) is 0 Å². The van der Waals surface area contributed by atoms with Crippen molar-refractivity contribution in [2.45, 2.75) is 6.92 Å². The number of allylic oxidation sites excluding steroid dienone is 2. The third-order valence-corrected chi connectivity index (χ3v) is 3.70. The van der Waals surface area contributed by atoms with Crippen molar-refractivity contribution in [3.63, 3.8) is 0 Å². The quantitative estimate of drug-likeness (QED) is 0.466. The Morgan fingerprint density at radius 3 is 2.60 bits per heavy atom. The summed E-state index contributed by atoms with van der Waals surface area (Å²) in [4.78, 5) is 22.5. The molecule has 7 nitrogen and oxygen atoms in total. The minimum absolute atomic E-state index is 0.269. The number of rotatable bonds is 4. The number of halogens is 1. The first kappa shape index (κ1) is 16.7. The topological polar surface area (TPSA) is 89.0 Å². The van der Waals surface area contributed by atoms with Crippen molar-refractivity contribution in [3.8, 4) is 0 Å². The van der Waals surface area contributed by atoms with Crippen molar-refractivity contribution in [2.75, 3.05) is 5.01 Å². The maximum atomic E-state index is 12.5. The summed E-state index contributed by atoms with van der Waals surface area (Å²) in [5.74, 6) is -0.288. The lowest BCUT2D eigenvalue weighted by Crippen LogP contribution is -2.21. The maximum Gasteiger partial charge on any atom is 0.433 e. The SMILES string of the molecule is CC1=NN(c2ccc(Cl)cc2)C(=O)/C1=C\C=C\c1ccc([N+](=O)[O-])o1. The molecule has 0 saturated heterocycles. The monoisotopic (exact) mass is 357 g/mol. The fourth-order valence-electron chi connectivity index (χ4n) is 2.24. The minimum Gasteiger partial charge on any atom is -0.401 e. The van der Waals surface area contributed by atoms with Crippen LogP contribution in [0.1, 0.15) is 12.7 Å². The van der Waals surface area contributed by atoms with Gasteiger partial charge in [-0.05, 0) is 49.4 Å². The van der Waals surface area contributed by atoms with Gasteiger partial charge in [0, 0.05) is 5.02 Å². The number of benzene rings is 1. The number of hydrazone groups is 1. The van der Waals surface area contributed by atoms with Crippen LogP contribution >= 0.6 is 11.6 Å². The number of anilines is 1. The van der Waals surface area contributed by atoms with E-state index in [9.17, 15) is 14.9 Å². The van der Waals surface area contributed by atoms with Crippen molar-refractivity contribution in [1.82, 2.24) is 0 Å². The summed E-state index contributed by atoms with van der Waals surface area (Å²) in [6.07, 6.45) is 4.71. The lowest BCUT2D eigenvalue weighted by molar-refractivity contribution is -0.402. The van der Waals surface area contributed by atoms with Crippen LogP contribution in [0.5, 0.6) is 0 Å². The van der Waals surface area contributed by atoms with Crippen LogP contribution in [-0.2, 0) is 4.79 Å². The summed E-state index contributed by atoms with van der Waals surface area (Å²) in [6, 6.07) is 9.52. The predicted molar refractivity (Wildman–Crippen MR) is 94.5 cm³/mol. The Labute approximate surface area is 147 Å². The maximum absolute atomic E-state index is 12.5. The first-order valence-corrected chi connectivity index (χ1v) is 7.61. The van der Waals surface area contributed by atoms with Crippen molar-refractivity contribution < 1.29 is 14.1 Å². The number of carbonyl (C=O) groups is 1. The highest BCUT2D eigenvalue weighted by molar-refractivity contribution is 6.31. The number of amides is 1. The van der Waals surface area contributed by atoms with Crippen LogP contribution in [0.3, 0.4) is 0 Å². The molecule has 1 aliphatic rings. The van der Waals surface area contributed by atoms with Crippen LogP contribution in [0.4, 0.5) is 11.6 Å². The van der Waals surface area contributed by atoms with Gasteiger partial charge >= 0.3 is 5.88 Å². The molecular weight excluding hydrogens is 346 g/mol. The second-order valence-corrected chi connectivity index (χ2v) is 5.59. The molecule has 0 bridgehead atoms. The molecular formula is C17H12ClN3O4. The first-order valence-electron chi connectivity index (χ1n) is 7.24. The zero-order valence-electron chi connectivity index (χ0n) is 13.0. The second-order valence-electron chi connectivity index (χ2n) is 5.15. The van der Waals surface area contributed by atoms with Crippen LogP contribution in [0.25, 0.3) is 6.08 Å². The zero-order chi connectivity index (χ0) is 18.0. The average molecular weight is 358 g/mol. The molecule has 0 spiro atoms. The normalized spacial score (nSPS) is 16.1. The Morgan fingerprint density at radius 2 is 1.96 bits per heavy atom. The molecule has 0 fully saturated rings. The van der Waals surface area contributed by atoms with E-state index in [0.29, 0.717) is 27.8 Å². The summed E-state index contributed by atoms with van der Waals surface area (Å²) in [7, 11) is 0. The standard InChI is InChI=1S/C17H12ClN3O4/c1-11-15(4-2-3-14-9-10-16(25-14)21(23)24)17(22)20(19-11)13-7-5-12(18)6-8-13/h2-10H,1H3/b3-2+,15-4-. The smallest absolute Gasteiger partial charge is 0.401 e. The lowest BCUT2D eigenvalue weighted by Gasteiger charge is -2.11. The average Bonchev–Trinajstić information content (AvgIpc) is 3.15. The van der Waals surface area contributed by atoms with Crippen LogP contribution in [0.15, 0.2) is 63.6 Å². The molecule has 126 valence electrons. The molecule has 0 N–H and O–H groups in total. The molecule has 1 amide bonds. The minimum atomic E-state index is -0.614. The molecule has 1 aromatic carbocycles. The largest absolute Gasteiger partial charge is 0.433 e. The molecule has 2 heterocycles. The fourth-order valence-corrected chi connectivity index (χ4v) is 2.36. The molecule has 0 unspecified atom stereocenters. The van der Waals surface area contributed by atoms with Crippen molar-refractivity contribution in [3.05, 3.63) is 75.0 Å². The molecule has 0 radical (unpaired) electrons. The molecule has 3 rings (SSSR count). The van der Waals surface area contributed by atoms with E-state index in [1.165, 1.54) is 23.2 Å². The van der Waals surface area contributed by atoms with E-state index in [1.54, 1.807) is 43.3 Å². The summed E-state index contributed by atoms with van der Waals surface area (Å²) in [5, 5.41) is 16.7. The van der Waals surface area contributed by atoms with Gasteiger partial charge in [0.2, 0.25) is 0 Å². The Bertz CT molecular complexity index is 926. The van der Waals surface area contributed by atoms with Gasteiger partial charge in [-0.15, -0.1) is 0 Å². The van der Waals surface area contributed by atoms with Crippen LogP contribution in [0.2, 0.25) is 5.02 Å². The molecule has 0 aliphatic carbocycles. The van der Waals surface area contributed by atoms with Crippen LogP contribution < -0.4 is 5.01 Å². The number of carbonyl (C=O) groups excluding carboxylic acids is 1. The Balaban J connectivity index is 1.78. The van der Waals surface area contributed by atoms with Crippen molar-refractivity contribution in [1.29, 1.82) is 0 Å². The van der Waals surface area contributed by atoms with E-state index < -0.39 is 4.92 Å². The van der Waals surface area contributed by atoms with Crippen LogP contribution in [0, 0.1) is 10.1 Å². The van der Waals surface area contributed by atoms with Gasteiger partial charge in [0.05, 0.1) is 23.0 Å². The van der Waals surface area contributed by atoms with E-state index in [4.69, 9.17) is 16.0 Å². The van der Waals surface area contributed by atoms with Crippen LogP contribution in [-0.4, -0.2) is 16.5 Å². The molecule has 0 saturated carbocycles. The number of hydrogen-bond donors (Lipinski definition) is 0. The number of nitrogens with zero attached hydrogens (tertiary/aromatic N) is 3. The van der Waals surface area contributed by atoms with E-state index in [0.717, 1.165) is 0 Å². The Hall–Kier alpha value is -3.19. The van der Waals surface area contributed by atoms with Gasteiger partial charge in [-0.3, -0.25) is 14.9 Å². The molecule has 25 heavy (non-hydrogen) atoms. The Kier molecular flexibility index (Phi) is 4.49. The van der Waals surface area contributed by atoms with E-state index in [1.807, 2.05) is 0 Å². The second kappa shape index (κ2) is 6.74. The van der Waals surface area contributed by atoms with Gasteiger partial charge in [-0.1, -0.05) is 17.7 Å². The molecule has 8 heteroatoms. The summed E-state index contributed by atoms with van der Waals surface area (Å²) >= 11 is 5.85. The highest BCUT2D eigenvalue weighted by Gasteiger charge is 2.28. The molecule has 2 aromatic rings. The number of furan rings is 1. The molecule has 1 aliphatic heterocycles. The third kappa shape index (κ3) is 3.51. The highest BCUT2D eigenvalue weighted by atomic mass is 35.5. The van der Waals surface area contributed by atoms with E-state index in [-0.39, 0.29) is 11.8 Å². The number of hydrogen-bond acceptors (Lipinski definition) is 5. The predicted octanol–water partition coefficient (Wildman–Crippen LogP) is 4.20. The summed E-state index contributed by atoms with van der Waals surface area (Å²) in [5.41, 5.74) is 1.60.